The van der Waals surface area contributed by atoms with Crippen molar-refractivity contribution >= 4 is 40.9 Å². The van der Waals surface area contributed by atoms with Gasteiger partial charge < -0.3 is 14.8 Å². The second kappa shape index (κ2) is 10.2. The van der Waals surface area contributed by atoms with Crippen molar-refractivity contribution in [2.45, 2.75) is 31.8 Å². The standard InChI is InChI=1S/C20H22ClNO4S/c1-4-25-16-7-9-17(10-8-16)27-12-19(23)26-14(3)20(24)22-18-11-15(21)6-5-13(18)2/h5-11,14H,4,12H2,1-3H3,(H,22,24)/t14-/m0/s1. The lowest BCUT2D eigenvalue weighted by Crippen LogP contribution is -2.30. The summed E-state index contributed by atoms with van der Waals surface area (Å²) in [5.74, 6) is 0.0343. The van der Waals surface area contributed by atoms with Gasteiger partial charge in [-0.1, -0.05) is 17.7 Å². The van der Waals surface area contributed by atoms with Gasteiger partial charge in [-0.15, -0.1) is 11.8 Å². The van der Waals surface area contributed by atoms with Gasteiger partial charge in [-0.2, -0.15) is 0 Å². The molecule has 2 rings (SSSR count). The Morgan fingerprint density at radius 3 is 2.56 bits per heavy atom. The van der Waals surface area contributed by atoms with Gasteiger partial charge in [0.1, 0.15) is 5.75 Å². The quantitative estimate of drug-likeness (QED) is 0.507. The Labute approximate surface area is 168 Å². The van der Waals surface area contributed by atoms with E-state index in [1.54, 1.807) is 12.1 Å². The number of hydrogen-bond donors (Lipinski definition) is 1. The van der Waals surface area contributed by atoms with E-state index in [1.165, 1.54) is 18.7 Å². The van der Waals surface area contributed by atoms with Gasteiger partial charge in [0.25, 0.3) is 5.91 Å². The summed E-state index contributed by atoms with van der Waals surface area (Å²) in [4.78, 5) is 25.2. The molecule has 0 aromatic heterocycles. The van der Waals surface area contributed by atoms with Gasteiger partial charge in [-0.25, -0.2) is 0 Å². The molecule has 0 aliphatic heterocycles. The van der Waals surface area contributed by atoms with E-state index >= 15 is 0 Å². The highest BCUT2D eigenvalue weighted by Gasteiger charge is 2.18. The lowest BCUT2D eigenvalue weighted by molar-refractivity contribution is -0.150. The highest BCUT2D eigenvalue weighted by atomic mass is 35.5. The predicted molar refractivity (Wildman–Crippen MR) is 109 cm³/mol. The molecule has 5 nitrogen and oxygen atoms in total. The normalized spacial score (nSPS) is 11.6. The Hall–Kier alpha value is -2.18. The summed E-state index contributed by atoms with van der Waals surface area (Å²) in [5.41, 5.74) is 1.47. The minimum atomic E-state index is -0.906. The van der Waals surface area contributed by atoms with Crippen LogP contribution < -0.4 is 10.1 Å². The monoisotopic (exact) mass is 407 g/mol. The molecular formula is C20H22ClNO4S. The Morgan fingerprint density at radius 2 is 1.89 bits per heavy atom. The minimum absolute atomic E-state index is 0.113. The Kier molecular flexibility index (Phi) is 8.00. The highest BCUT2D eigenvalue weighted by molar-refractivity contribution is 8.00. The summed E-state index contributed by atoms with van der Waals surface area (Å²) in [6, 6.07) is 12.7. The number of ether oxygens (including phenoxy) is 2. The second-order valence-electron chi connectivity index (χ2n) is 5.77. The zero-order valence-corrected chi connectivity index (χ0v) is 17.0. The van der Waals surface area contributed by atoms with Crippen LogP contribution in [0, 0.1) is 6.92 Å². The lowest BCUT2D eigenvalue weighted by Gasteiger charge is -2.15. The van der Waals surface area contributed by atoms with Crippen molar-refractivity contribution in [2.75, 3.05) is 17.7 Å². The molecule has 0 heterocycles. The first-order valence-electron chi connectivity index (χ1n) is 8.51. The summed E-state index contributed by atoms with van der Waals surface area (Å²) >= 11 is 7.28. The third kappa shape index (κ3) is 6.81. The molecule has 1 atom stereocenters. The van der Waals surface area contributed by atoms with Crippen molar-refractivity contribution in [1.29, 1.82) is 0 Å². The summed E-state index contributed by atoms with van der Waals surface area (Å²) in [5, 5.41) is 3.25. The van der Waals surface area contributed by atoms with Crippen molar-refractivity contribution in [1.82, 2.24) is 0 Å². The molecule has 0 fully saturated rings. The third-order valence-electron chi connectivity index (χ3n) is 3.63. The molecule has 2 aromatic rings. The van der Waals surface area contributed by atoms with E-state index in [2.05, 4.69) is 5.32 Å². The van der Waals surface area contributed by atoms with Crippen molar-refractivity contribution in [3.05, 3.63) is 53.1 Å². The number of halogens is 1. The van der Waals surface area contributed by atoms with Gasteiger partial charge in [0.05, 0.1) is 12.4 Å². The molecule has 0 aliphatic rings. The average Bonchev–Trinajstić information content (AvgIpc) is 2.64. The van der Waals surface area contributed by atoms with E-state index in [-0.39, 0.29) is 5.75 Å². The zero-order chi connectivity index (χ0) is 19.8. The minimum Gasteiger partial charge on any atom is -0.494 e. The number of nitrogens with one attached hydrogen (secondary N) is 1. The number of carbonyl (C=O) groups excluding carboxylic acids is 2. The van der Waals surface area contributed by atoms with Gasteiger partial charge in [-0.3, -0.25) is 9.59 Å². The first kappa shape index (κ1) is 21.1. The Bertz CT molecular complexity index is 795. The second-order valence-corrected chi connectivity index (χ2v) is 7.26. The topological polar surface area (TPSA) is 64.6 Å². The molecule has 1 N–H and O–H groups in total. The predicted octanol–water partition coefficient (Wildman–Crippen LogP) is 4.71. The van der Waals surface area contributed by atoms with E-state index in [0.29, 0.717) is 17.3 Å². The summed E-state index contributed by atoms with van der Waals surface area (Å²) in [6.45, 7) is 5.92. The number of hydrogen-bond acceptors (Lipinski definition) is 5. The molecule has 0 aliphatic carbocycles. The van der Waals surface area contributed by atoms with Crippen LogP contribution >= 0.6 is 23.4 Å². The fraction of sp³-hybridized carbons (Fsp3) is 0.300. The number of esters is 1. The molecule has 1 amide bonds. The van der Waals surface area contributed by atoms with Crippen LogP contribution in [0.1, 0.15) is 19.4 Å². The van der Waals surface area contributed by atoms with Gasteiger partial charge in [-0.05, 0) is 62.7 Å². The molecule has 0 radical (unpaired) electrons. The van der Waals surface area contributed by atoms with E-state index in [9.17, 15) is 9.59 Å². The maximum atomic E-state index is 12.2. The molecule has 27 heavy (non-hydrogen) atoms. The molecule has 0 bridgehead atoms. The van der Waals surface area contributed by atoms with Crippen molar-refractivity contribution in [2.24, 2.45) is 0 Å². The number of carbonyl (C=O) groups is 2. The Morgan fingerprint density at radius 1 is 1.19 bits per heavy atom. The van der Waals surface area contributed by atoms with E-state index in [4.69, 9.17) is 21.1 Å². The van der Waals surface area contributed by atoms with Gasteiger partial charge >= 0.3 is 5.97 Å². The van der Waals surface area contributed by atoms with Crippen LogP contribution in [-0.4, -0.2) is 30.3 Å². The first-order valence-corrected chi connectivity index (χ1v) is 9.87. The fourth-order valence-corrected chi connectivity index (χ4v) is 3.04. The number of thioether (sulfide) groups is 1. The molecule has 144 valence electrons. The molecular weight excluding hydrogens is 386 g/mol. The average molecular weight is 408 g/mol. The Balaban J connectivity index is 1.82. The zero-order valence-electron chi connectivity index (χ0n) is 15.5. The van der Waals surface area contributed by atoms with Crippen LogP contribution in [0.4, 0.5) is 5.69 Å². The van der Waals surface area contributed by atoms with Crippen molar-refractivity contribution in [3.63, 3.8) is 0 Å². The van der Waals surface area contributed by atoms with Crippen LogP contribution in [0.25, 0.3) is 0 Å². The molecule has 0 unspecified atom stereocenters. The van der Waals surface area contributed by atoms with Crippen molar-refractivity contribution < 1.29 is 19.1 Å². The van der Waals surface area contributed by atoms with Gasteiger partial charge in [0, 0.05) is 15.6 Å². The van der Waals surface area contributed by atoms with E-state index in [0.717, 1.165) is 16.2 Å². The third-order valence-corrected chi connectivity index (χ3v) is 4.85. The maximum Gasteiger partial charge on any atom is 0.317 e. The number of benzene rings is 2. The summed E-state index contributed by atoms with van der Waals surface area (Å²) in [7, 11) is 0. The number of rotatable bonds is 8. The summed E-state index contributed by atoms with van der Waals surface area (Å²) in [6.07, 6.45) is -0.906. The molecule has 0 saturated heterocycles. The largest absolute Gasteiger partial charge is 0.494 e. The molecule has 0 spiro atoms. The molecule has 2 aromatic carbocycles. The van der Waals surface area contributed by atoms with Crippen LogP contribution in [0.3, 0.4) is 0 Å². The van der Waals surface area contributed by atoms with Gasteiger partial charge in [0.15, 0.2) is 6.10 Å². The van der Waals surface area contributed by atoms with Crippen LogP contribution in [0.2, 0.25) is 5.02 Å². The number of aryl methyl sites for hydroxylation is 1. The highest BCUT2D eigenvalue weighted by Crippen LogP contribution is 2.22. The van der Waals surface area contributed by atoms with Crippen LogP contribution in [0.5, 0.6) is 5.75 Å². The smallest absolute Gasteiger partial charge is 0.317 e. The molecule has 0 saturated carbocycles. The van der Waals surface area contributed by atoms with Crippen LogP contribution in [-0.2, 0) is 14.3 Å². The SMILES string of the molecule is CCOc1ccc(SCC(=O)O[C@@H](C)C(=O)Nc2cc(Cl)ccc2C)cc1. The first-order chi connectivity index (χ1) is 12.9. The van der Waals surface area contributed by atoms with Gasteiger partial charge in [0.2, 0.25) is 0 Å². The lowest BCUT2D eigenvalue weighted by atomic mass is 10.2. The van der Waals surface area contributed by atoms with E-state index in [1.807, 2.05) is 44.2 Å². The van der Waals surface area contributed by atoms with Crippen LogP contribution in [0.15, 0.2) is 47.4 Å². The molecule has 7 heteroatoms. The summed E-state index contributed by atoms with van der Waals surface area (Å²) < 4.78 is 10.6. The fourth-order valence-electron chi connectivity index (χ4n) is 2.19. The number of amides is 1. The van der Waals surface area contributed by atoms with E-state index < -0.39 is 18.0 Å². The maximum absolute atomic E-state index is 12.2. The number of anilines is 1. The van der Waals surface area contributed by atoms with Crippen molar-refractivity contribution in [3.8, 4) is 5.75 Å².